The van der Waals surface area contributed by atoms with Gasteiger partial charge in [-0.3, -0.25) is 4.79 Å². The van der Waals surface area contributed by atoms with Gasteiger partial charge in [0, 0.05) is 18.6 Å². The van der Waals surface area contributed by atoms with Crippen LogP contribution in [-0.2, 0) is 9.53 Å². The molecule has 0 aromatic rings. The summed E-state index contributed by atoms with van der Waals surface area (Å²) in [5, 5.41) is 3.33. The van der Waals surface area contributed by atoms with E-state index in [1.54, 1.807) is 0 Å². The van der Waals surface area contributed by atoms with Crippen LogP contribution < -0.4 is 11.1 Å². The molecule has 0 amide bonds. The maximum atomic E-state index is 9.92. The molecule has 0 saturated carbocycles. The number of piperidine rings is 1. The van der Waals surface area contributed by atoms with Gasteiger partial charge in [-0.15, -0.1) is 24.8 Å². The molecule has 4 nitrogen and oxygen atoms in total. The van der Waals surface area contributed by atoms with Gasteiger partial charge in [0.1, 0.15) is 6.61 Å². The van der Waals surface area contributed by atoms with Crippen molar-refractivity contribution in [2.75, 3.05) is 13.2 Å². The molecule has 3 N–H and O–H groups in total. The summed E-state index contributed by atoms with van der Waals surface area (Å²) < 4.78 is 4.68. The van der Waals surface area contributed by atoms with E-state index in [2.05, 4.69) is 10.1 Å². The molecule has 1 rings (SSSR count). The van der Waals surface area contributed by atoms with Gasteiger partial charge in [0.25, 0.3) is 6.47 Å². The minimum atomic E-state index is 0. The van der Waals surface area contributed by atoms with E-state index >= 15 is 0 Å². The van der Waals surface area contributed by atoms with Crippen molar-refractivity contribution in [2.45, 2.75) is 31.3 Å². The highest BCUT2D eigenvalue weighted by Crippen LogP contribution is 2.11. The van der Waals surface area contributed by atoms with E-state index in [1.165, 1.54) is 6.42 Å². The first-order chi connectivity index (χ1) is 5.86. The number of hydrogen-bond acceptors (Lipinski definition) is 4. The summed E-state index contributed by atoms with van der Waals surface area (Å²) in [6, 6.07) is 0.705. The molecule has 0 spiro atoms. The zero-order chi connectivity index (χ0) is 8.81. The van der Waals surface area contributed by atoms with Crippen molar-refractivity contribution < 1.29 is 9.53 Å². The fraction of sp³-hybridized carbons (Fsp3) is 0.875. The van der Waals surface area contributed by atoms with Crippen LogP contribution in [0, 0.1) is 0 Å². The van der Waals surface area contributed by atoms with Gasteiger partial charge in [0.05, 0.1) is 0 Å². The lowest BCUT2D eigenvalue weighted by Crippen LogP contribution is -2.48. The van der Waals surface area contributed by atoms with Crippen LogP contribution in [0.4, 0.5) is 0 Å². The van der Waals surface area contributed by atoms with Crippen LogP contribution in [0.5, 0.6) is 0 Å². The Kier molecular flexibility index (Phi) is 11.2. The number of ether oxygens (including phenoxy) is 1. The Hall–Kier alpha value is -0.0300. The molecule has 1 heterocycles. The Morgan fingerprint density at radius 1 is 1.36 bits per heavy atom. The second-order valence-corrected chi connectivity index (χ2v) is 3.16. The topological polar surface area (TPSA) is 64.3 Å². The number of nitrogens with two attached hydrogens (primary N) is 1. The Bertz CT molecular complexity index is 149. The first-order valence-corrected chi connectivity index (χ1v) is 4.38. The predicted molar refractivity (Wildman–Crippen MR) is 60.1 cm³/mol. The summed E-state index contributed by atoms with van der Waals surface area (Å²) in [5.41, 5.74) is 5.52. The summed E-state index contributed by atoms with van der Waals surface area (Å²) in [6.45, 7) is 1.63. The van der Waals surface area contributed by atoms with E-state index in [0.717, 1.165) is 12.8 Å². The first-order valence-electron chi connectivity index (χ1n) is 4.38. The van der Waals surface area contributed by atoms with Crippen LogP contribution >= 0.6 is 24.8 Å². The molecule has 1 fully saturated rings. The van der Waals surface area contributed by atoms with Crippen molar-refractivity contribution in [1.82, 2.24) is 5.32 Å². The standard InChI is InChI=1S/C8H16N2O2.2ClH/c9-4-7-2-1-3-8(10-7)5-12-6-11;;/h6-8,10H,1-5,9H2;2*1H. The van der Waals surface area contributed by atoms with E-state index in [0.29, 0.717) is 31.7 Å². The summed E-state index contributed by atoms with van der Waals surface area (Å²) >= 11 is 0. The van der Waals surface area contributed by atoms with Gasteiger partial charge in [-0.2, -0.15) is 0 Å². The van der Waals surface area contributed by atoms with E-state index < -0.39 is 0 Å². The fourth-order valence-electron chi connectivity index (χ4n) is 1.58. The molecule has 1 saturated heterocycles. The number of hydrogen-bond donors (Lipinski definition) is 2. The third-order valence-electron chi connectivity index (χ3n) is 2.23. The second kappa shape index (κ2) is 9.52. The lowest BCUT2D eigenvalue weighted by atomic mass is 9.99. The van der Waals surface area contributed by atoms with Crippen molar-refractivity contribution in [2.24, 2.45) is 5.73 Å². The molecular weight excluding hydrogens is 227 g/mol. The quantitative estimate of drug-likeness (QED) is 0.707. The highest BCUT2D eigenvalue weighted by Gasteiger charge is 2.19. The molecule has 0 radical (unpaired) electrons. The van der Waals surface area contributed by atoms with Crippen LogP contribution in [0.2, 0.25) is 0 Å². The number of nitrogens with one attached hydrogen (secondary N) is 1. The van der Waals surface area contributed by atoms with Crippen LogP contribution in [0.1, 0.15) is 19.3 Å². The summed E-state index contributed by atoms with van der Waals surface area (Å²) in [4.78, 5) is 9.92. The zero-order valence-corrected chi connectivity index (χ0v) is 9.61. The molecule has 2 atom stereocenters. The van der Waals surface area contributed by atoms with Gasteiger partial charge in [-0.05, 0) is 12.8 Å². The maximum Gasteiger partial charge on any atom is 0.293 e. The summed E-state index contributed by atoms with van der Waals surface area (Å²) in [7, 11) is 0. The van der Waals surface area contributed by atoms with Crippen LogP contribution in [-0.4, -0.2) is 31.7 Å². The van der Waals surface area contributed by atoms with E-state index in [4.69, 9.17) is 5.73 Å². The van der Waals surface area contributed by atoms with E-state index in [9.17, 15) is 4.79 Å². The van der Waals surface area contributed by atoms with Gasteiger partial charge in [0.2, 0.25) is 0 Å². The molecule has 2 unspecified atom stereocenters. The van der Waals surface area contributed by atoms with Gasteiger partial charge >= 0.3 is 0 Å². The second-order valence-electron chi connectivity index (χ2n) is 3.16. The lowest BCUT2D eigenvalue weighted by Gasteiger charge is -2.29. The van der Waals surface area contributed by atoms with Gasteiger partial charge in [0.15, 0.2) is 0 Å². The number of halogens is 2. The van der Waals surface area contributed by atoms with Crippen molar-refractivity contribution in [3.63, 3.8) is 0 Å². The van der Waals surface area contributed by atoms with E-state index in [-0.39, 0.29) is 24.8 Å². The molecule has 14 heavy (non-hydrogen) atoms. The van der Waals surface area contributed by atoms with Crippen LogP contribution in [0.3, 0.4) is 0 Å². The van der Waals surface area contributed by atoms with Crippen LogP contribution in [0.15, 0.2) is 0 Å². The maximum absolute atomic E-state index is 9.92. The molecule has 0 aromatic carbocycles. The first kappa shape index (κ1) is 16.4. The molecule has 0 aliphatic carbocycles. The molecule has 1 aliphatic heterocycles. The lowest BCUT2D eigenvalue weighted by molar-refractivity contribution is -0.129. The van der Waals surface area contributed by atoms with Crippen LogP contribution in [0.25, 0.3) is 0 Å². The number of carbonyl (C=O) groups is 1. The Morgan fingerprint density at radius 2 is 2.00 bits per heavy atom. The normalized spacial score (nSPS) is 25.5. The zero-order valence-electron chi connectivity index (χ0n) is 7.98. The number of carbonyl (C=O) groups excluding carboxylic acids is 1. The largest absolute Gasteiger partial charge is 0.466 e. The molecule has 6 heteroatoms. The monoisotopic (exact) mass is 244 g/mol. The van der Waals surface area contributed by atoms with Gasteiger partial charge in [-0.1, -0.05) is 6.42 Å². The highest BCUT2D eigenvalue weighted by atomic mass is 35.5. The SMILES string of the molecule is Cl.Cl.NCC1CCCC(COC=O)N1. The van der Waals surface area contributed by atoms with Crippen molar-refractivity contribution >= 4 is 31.3 Å². The Balaban J connectivity index is 0. The average Bonchev–Trinajstić information content (AvgIpc) is 2.15. The van der Waals surface area contributed by atoms with Crippen molar-refractivity contribution in [1.29, 1.82) is 0 Å². The minimum Gasteiger partial charge on any atom is -0.466 e. The summed E-state index contributed by atoms with van der Waals surface area (Å²) in [6.07, 6.45) is 3.38. The molecule has 0 bridgehead atoms. The van der Waals surface area contributed by atoms with Gasteiger partial charge in [-0.25, -0.2) is 0 Å². The Morgan fingerprint density at radius 3 is 2.57 bits per heavy atom. The smallest absolute Gasteiger partial charge is 0.293 e. The van der Waals surface area contributed by atoms with Crippen molar-refractivity contribution in [3.8, 4) is 0 Å². The van der Waals surface area contributed by atoms with E-state index in [1.807, 2.05) is 0 Å². The van der Waals surface area contributed by atoms with Crippen molar-refractivity contribution in [3.05, 3.63) is 0 Å². The average molecular weight is 245 g/mol. The summed E-state index contributed by atoms with van der Waals surface area (Å²) in [5.74, 6) is 0. The Labute approximate surface area is 96.8 Å². The third-order valence-corrected chi connectivity index (χ3v) is 2.23. The molecular formula is C8H18Cl2N2O2. The highest BCUT2D eigenvalue weighted by molar-refractivity contribution is 5.85. The minimum absolute atomic E-state index is 0. The number of rotatable bonds is 4. The fourth-order valence-corrected chi connectivity index (χ4v) is 1.58. The van der Waals surface area contributed by atoms with Gasteiger partial charge < -0.3 is 15.8 Å². The molecule has 1 aliphatic rings. The third kappa shape index (κ3) is 5.65. The molecule has 0 aromatic heterocycles. The predicted octanol–water partition coefficient (Wildman–Crippen LogP) is 0.472. The molecule has 86 valence electrons.